The van der Waals surface area contributed by atoms with Crippen molar-refractivity contribution in [3.05, 3.63) is 29.8 Å². The van der Waals surface area contributed by atoms with E-state index in [1.165, 1.54) is 0 Å². The molecule has 7 heteroatoms. The van der Waals surface area contributed by atoms with Crippen LogP contribution in [0.5, 0.6) is 11.5 Å². The second-order valence-corrected chi connectivity index (χ2v) is 8.47. The Kier molecular flexibility index (Phi) is 4.23. The van der Waals surface area contributed by atoms with Gasteiger partial charge in [-0.1, -0.05) is 18.2 Å². The van der Waals surface area contributed by atoms with Gasteiger partial charge < -0.3 is 33.2 Å². The highest BCUT2D eigenvalue weighted by atomic mass is 16.8. The van der Waals surface area contributed by atoms with E-state index in [4.69, 9.17) is 33.2 Å². The Labute approximate surface area is 164 Å². The predicted octanol–water partition coefficient (Wildman–Crippen LogP) is 2.87. The molecule has 0 spiro atoms. The van der Waals surface area contributed by atoms with Crippen molar-refractivity contribution < 1.29 is 33.2 Å². The molecule has 0 saturated carbocycles. The van der Waals surface area contributed by atoms with Gasteiger partial charge in [-0.05, 0) is 45.4 Å². The topological polar surface area (TPSA) is 64.6 Å². The molecule has 3 fully saturated rings. The van der Waals surface area contributed by atoms with Crippen molar-refractivity contribution in [3.63, 3.8) is 0 Å². The highest BCUT2D eigenvalue weighted by molar-refractivity contribution is 5.57. The summed E-state index contributed by atoms with van der Waals surface area (Å²) in [5, 5.41) is 0. The second kappa shape index (κ2) is 6.43. The Morgan fingerprint density at radius 2 is 1.68 bits per heavy atom. The summed E-state index contributed by atoms with van der Waals surface area (Å²) in [6.45, 7) is 8.41. The highest BCUT2D eigenvalue weighted by Crippen LogP contribution is 2.42. The molecule has 3 saturated heterocycles. The number of benzene rings is 1. The molecule has 0 bridgehead atoms. The molecule has 4 aliphatic heterocycles. The minimum Gasteiger partial charge on any atom is -0.454 e. The Balaban J connectivity index is 1.35. The van der Waals surface area contributed by atoms with Crippen LogP contribution in [0.15, 0.2) is 24.3 Å². The van der Waals surface area contributed by atoms with Crippen molar-refractivity contribution in [2.75, 3.05) is 13.4 Å². The van der Waals surface area contributed by atoms with Gasteiger partial charge in [-0.3, -0.25) is 0 Å². The summed E-state index contributed by atoms with van der Waals surface area (Å²) in [6.07, 6.45) is 2.94. The van der Waals surface area contributed by atoms with Crippen LogP contribution in [0.1, 0.15) is 33.3 Å². The highest BCUT2D eigenvalue weighted by Gasteiger charge is 2.58. The molecule has 0 aromatic heterocycles. The third kappa shape index (κ3) is 3.31. The van der Waals surface area contributed by atoms with Crippen molar-refractivity contribution in [1.29, 1.82) is 0 Å². The molecule has 0 aliphatic carbocycles. The summed E-state index contributed by atoms with van der Waals surface area (Å²) < 4.78 is 41.2. The Morgan fingerprint density at radius 1 is 0.893 bits per heavy atom. The van der Waals surface area contributed by atoms with E-state index < -0.39 is 11.6 Å². The molecule has 1 aromatic rings. The van der Waals surface area contributed by atoms with Crippen LogP contribution in [-0.2, 0) is 23.7 Å². The van der Waals surface area contributed by atoms with E-state index in [-0.39, 0.29) is 37.3 Å². The predicted molar refractivity (Wildman–Crippen MR) is 99.0 cm³/mol. The van der Waals surface area contributed by atoms with Crippen LogP contribution in [-0.4, -0.2) is 55.5 Å². The van der Waals surface area contributed by atoms with Crippen molar-refractivity contribution in [1.82, 2.24) is 0 Å². The summed E-state index contributed by atoms with van der Waals surface area (Å²) in [4.78, 5) is 0. The molecular weight excluding hydrogens is 364 g/mol. The van der Waals surface area contributed by atoms with E-state index in [0.29, 0.717) is 6.61 Å². The minimum absolute atomic E-state index is 0.191. The summed E-state index contributed by atoms with van der Waals surface area (Å²) in [5.41, 5.74) is 1.01. The molecule has 4 aliphatic rings. The summed E-state index contributed by atoms with van der Waals surface area (Å²) in [5.74, 6) is 0.256. The van der Waals surface area contributed by atoms with Crippen molar-refractivity contribution in [2.45, 2.75) is 69.8 Å². The first-order valence-electron chi connectivity index (χ1n) is 9.70. The van der Waals surface area contributed by atoms with E-state index in [2.05, 4.69) is 0 Å². The smallest absolute Gasteiger partial charge is 0.231 e. The maximum Gasteiger partial charge on any atom is 0.231 e. The molecule has 0 radical (unpaired) electrons. The quantitative estimate of drug-likeness (QED) is 0.786. The zero-order valence-electron chi connectivity index (χ0n) is 16.5. The SMILES string of the molecule is CC1(C)O[C@@H]2[C@H](O1)[C@@H](/C=C/c1ccc3c(c1)OCO3)O[C@@H]2[C@H]1COC(C)(C)O1. The Hall–Kier alpha value is -1.64. The molecule has 5 rings (SSSR count). The van der Waals surface area contributed by atoms with Gasteiger partial charge in [0.1, 0.15) is 30.5 Å². The molecular formula is C21H26O7. The molecule has 152 valence electrons. The Bertz CT molecular complexity index is 787. The zero-order valence-corrected chi connectivity index (χ0v) is 16.5. The van der Waals surface area contributed by atoms with Crippen molar-refractivity contribution in [3.8, 4) is 11.5 Å². The minimum atomic E-state index is -0.656. The summed E-state index contributed by atoms with van der Waals surface area (Å²) >= 11 is 0. The molecule has 4 heterocycles. The average Bonchev–Trinajstić information content (AvgIpc) is 3.35. The first-order chi connectivity index (χ1) is 13.3. The molecule has 28 heavy (non-hydrogen) atoms. The fourth-order valence-corrected chi connectivity index (χ4v) is 4.22. The fraction of sp³-hybridized carbons (Fsp3) is 0.619. The molecule has 5 atom stereocenters. The standard InChI is InChI=1S/C21H26O7/c1-20(2)24-10-16(26-20)17-19-18(27-21(3,4)28-19)14(25-17)8-6-12-5-7-13-15(9-12)23-11-22-13/h5-9,14,16-19H,10-11H2,1-4H3/b8-6+/t14-,16-,17-,18-,19+/m1/s1. The number of hydrogen-bond acceptors (Lipinski definition) is 7. The van der Waals surface area contributed by atoms with E-state index in [9.17, 15) is 0 Å². The van der Waals surface area contributed by atoms with Gasteiger partial charge in [0.05, 0.1) is 6.61 Å². The van der Waals surface area contributed by atoms with Crippen LogP contribution in [0, 0.1) is 0 Å². The van der Waals surface area contributed by atoms with Gasteiger partial charge in [0, 0.05) is 0 Å². The van der Waals surface area contributed by atoms with Crippen LogP contribution in [0.3, 0.4) is 0 Å². The number of hydrogen-bond donors (Lipinski definition) is 0. The third-order valence-corrected chi connectivity index (χ3v) is 5.40. The van der Waals surface area contributed by atoms with Crippen LogP contribution < -0.4 is 9.47 Å². The Morgan fingerprint density at radius 3 is 2.46 bits per heavy atom. The first kappa shape index (κ1) is 18.4. The lowest BCUT2D eigenvalue weighted by molar-refractivity contribution is -0.201. The fourth-order valence-electron chi connectivity index (χ4n) is 4.22. The van der Waals surface area contributed by atoms with Gasteiger partial charge in [0.2, 0.25) is 6.79 Å². The molecule has 0 amide bonds. The number of fused-ring (bicyclic) bond motifs is 2. The van der Waals surface area contributed by atoms with Crippen molar-refractivity contribution >= 4 is 6.08 Å². The lowest BCUT2D eigenvalue weighted by Crippen LogP contribution is -2.40. The molecule has 0 N–H and O–H groups in total. The maximum atomic E-state index is 6.32. The summed E-state index contributed by atoms with van der Waals surface area (Å²) in [6, 6.07) is 5.85. The zero-order chi connectivity index (χ0) is 19.5. The van der Waals surface area contributed by atoms with E-state index in [1.807, 2.05) is 58.0 Å². The van der Waals surface area contributed by atoms with Gasteiger partial charge in [0.15, 0.2) is 23.1 Å². The van der Waals surface area contributed by atoms with E-state index in [1.54, 1.807) is 0 Å². The lowest BCUT2D eigenvalue weighted by Gasteiger charge is -2.26. The largest absolute Gasteiger partial charge is 0.454 e. The van der Waals surface area contributed by atoms with Crippen LogP contribution in [0.2, 0.25) is 0 Å². The van der Waals surface area contributed by atoms with Crippen LogP contribution >= 0.6 is 0 Å². The van der Waals surface area contributed by atoms with Crippen LogP contribution in [0.25, 0.3) is 6.08 Å². The van der Waals surface area contributed by atoms with Gasteiger partial charge in [-0.15, -0.1) is 0 Å². The first-order valence-corrected chi connectivity index (χ1v) is 9.70. The van der Waals surface area contributed by atoms with Crippen LogP contribution in [0.4, 0.5) is 0 Å². The monoisotopic (exact) mass is 390 g/mol. The normalized spacial score (nSPS) is 37.6. The number of ether oxygens (including phenoxy) is 7. The maximum absolute atomic E-state index is 6.32. The van der Waals surface area contributed by atoms with Gasteiger partial charge in [0.25, 0.3) is 0 Å². The van der Waals surface area contributed by atoms with Gasteiger partial charge >= 0.3 is 0 Å². The second-order valence-electron chi connectivity index (χ2n) is 8.47. The molecule has 0 unspecified atom stereocenters. The number of rotatable bonds is 3. The van der Waals surface area contributed by atoms with Gasteiger partial charge in [-0.25, -0.2) is 0 Å². The molecule has 1 aromatic carbocycles. The van der Waals surface area contributed by atoms with Crippen molar-refractivity contribution in [2.24, 2.45) is 0 Å². The summed E-state index contributed by atoms with van der Waals surface area (Å²) in [7, 11) is 0. The van der Waals surface area contributed by atoms with Gasteiger partial charge in [-0.2, -0.15) is 0 Å². The molecule has 7 nitrogen and oxygen atoms in total. The average molecular weight is 390 g/mol. The third-order valence-electron chi connectivity index (χ3n) is 5.40. The van der Waals surface area contributed by atoms with E-state index >= 15 is 0 Å². The van der Waals surface area contributed by atoms with E-state index in [0.717, 1.165) is 17.1 Å². The lowest BCUT2D eigenvalue weighted by atomic mass is 10.0.